The van der Waals surface area contributed by atoms with Crippen molar-refractivity contribution in [3.8, 4) is 11.8 Å². The lowest BCUT2D eigenvalue weighted by atomic mass is 9.73. The van der Waals surface area contributed by atoms with Crippen molar-refractivity contribution in [1.82, 2.24) is 9.80 Å². The summed E-state index contributed by atoms with van der Waals surface area (Å²) in [5.74, 6) is 7.13. The van der Waals surface area contributed by atoms with Crippen LogP contribution in [-0.4, -0.2) is 58.6 Å². The fourth-order valence-corrected chi connectivity index (χ4v) is 5.60. The molecule has 2 N–H and O–H groups in total. The Bertz CT molecular complexity index is 1080. The third-order valence-corrected chi connectivity index (χ3v) is 7.39. The number of piperazine rings is 1. The Morgan fingerprint density at radius 1 is 1.03 bits per heavy atom. The summed E-state index contributed by atoms with van der Waals surface area (Å²) in [4.78, 5) is 29.0. The number of rotatable bonds is 3. The highest BCUT2D eigenvalue weighted by atomic mass is 16.3. The van der Waals surface area contributed by atoms with Crippen LogP contribution < -0.4 is 5.32 Å². The van der Waals surface area contributed by atoms with Crippen molar-refractivity contribution in [2.45, 2.75) is 50.1 Å². The molecule has 1 aliphatic carbocycles. The van der Waals surface area contributed by atoms with Crippen molar-refractivity contribution in [2.75, 3.05) is 25.0 Å². The first-order valence-corrected chi connectivity index (χ1v) is 12.3. The second-order valence-corrected chi connectivity index (χ2v) is 9.55. The van der Waals surface area contributed by atoms with Gasteiger partial charge in [0.15, 0.2) is 0 Å². The van der Waals surface area contributed by atoms with Gasteiger partial charge >= 0.3 is 6.03 Å². The van der Waals surface area contributed by atoms with Gasteiger partial charge in [-0.2, -0.15) is 0 Å². The molecule has 0 aromatic heterocycles. The summed E-state index contributed by atoms with van der Waals surface area (Å²) in [6, 6.07) is 16.8. The fraction of sp³-hybridized carbons (Fsp3) is 0.429. The van der Waals surface area contributed by atoms with Gasteiger partial charge in [-0.3, -0.25) is 4.79 Å². The number of urea groups is 1. The molecular weight excluding hydrogens is 426 g/mol. The largest absolute Gasteiger partial charge is 0.394 e. The normalized spacial score (nSPS) is 24.5. The number of carbonyl (C=O) groups excluding carboxylic acids is 2. The second-order valence-electron chi connectivity index (χ2n) is 9.55. The molecule has 3 amide bonds. The maximum atomic E-state index is 12.8. The molecule has 2 aliphatic heterocycles. The van der Waals surface area contributed by atoms with Crippen molar-refractivity contribution in [2.24, 2.45) is 5.92 Å². The van der Waals surface area contributed by atoms with E-state index in [9.17, 15) is 14.7 Å². The van der Waals surface area contributed by atoms with E-state index < -0.39 is 0 Å². The van der Waals surface area contributed by atoms with Gasteiger partial charge in [-0.05, 0) is 42.7 Å². The Kier molecular flexibility index (Phi) is 6.55. The topological polar surface area (TPSA) is 72.9 Å². The number of aliphatic hydroxyl groups excluding tert-OH is 1. The number of anilines is 1. The minimum Gasteiger partial charge on any atom is -0.394 e. The van der Waals surface area contributed by atoms with Crippen LogP contribution in [0.1, 0.15) is 49.1 Å². The van der Waals surface area contributed by atoms with Gasteiger partial charge in [0.25, 0.3) is 0 Å². The van der Waals surface area contributed by atoms with Gasteiger partial charge in [-0.25, -0.2) is 4.79 Å². The molecular formula is C28H31N3O3. The van der Waals surface area contributed by atoms with Gasteiger partial charge < -0.3 is 20.2 Å². The molecule has 34 heavy (non-hydrogen) atoms. The van der Waals surface area contributed by atoms with E-state index >= 15 is 0 Å². The van der Waals surface area contributed by atoms with Crippen LogP contribution in [0.5, 0.6) is 0 Å². The number of hydrogen-bond acceptors (Lipinski definition) is 3. The summed E-state index contributed by atoms with van der Waals surface area (Å²) in [7, 11) is 0. The van der Waals surface area contributed by atoms with Crippen LogP contribution in [0.15, 0.2) is 54.6 Å². The fourth-order valence-electron chi connectivity index (χ4n) is 5.60. The van der Waals surface area contributed by atoms with Gasteiger partial charge in [0.05, 0.1) is 18.7 Å². The predicted molar refractivity (Wildman–Crippen MR) is 131 cm³/mol. The molecule has 2 aromatic rings. The number of hydrogen-bond donors (Lipinski definition) is 2. The highest BCUT2D eigenvalue weighted by Crippen LogP contribution is 2.43. The van der Waals surface area contributed by atoms with E-state index in [2.05, 4.69) is 29.3 Å². The average Bonchev–Trinajstić information content (AvgIpc) is 2.86. The summed E-state index contributed by atoms with van der Waals surface area (Å²) >= 11 is 0. The van der Waals surface area contributed by atoms with Gasteiger partial charge in [0.2, 0.25) is 5.91 Å². The zero-order valence-corrected chi connectivity index (χ0v) is 19.3. The lowest BCUT2D eigenvalue weighted by Crippen LogP contribution is -2.73. The molecule has 6 nitrogen and oxygen atoms in total. The number of para-hydroxylation sites is 1. The third-order valence-electron chi connectivity index (χ3n) is 7.39. The first-order valence-electron chi connectivity index (χ1n) is 12.3. The molecule has 2 saturated heterocycles. The zero-order chi connectivity index (χ0) is 23.5. The molecule has 0 unspecified atom stereocenters. The molecule has 1 saturated carbocycles. The van der Waals surface area contributed by atoms with E-state index in [-0.39, 0.29) is 43.1 Å². The van der Waals surface area contributed by atoms with E-state index in [0.29, 0.717) is 18.2 Å². The van der Waals surface area contributed by atoms with E-state index in [1.54, 1.807) is 9.80 Å². The minimum atomic E-state index is -0.279. The van der Waals surface area contributed by atoms with Crippen molar-refractivity contribution in [1.29, 1.82) is 0 Å². The van der Waals surface area contributed by atoms with Crippen LogP contribution in [0.25, 0.3) is 0 Å². The number of amides is 3. The SMILES string of the molecule is O=C(Nc1ccccc1)N1CC(=O)N2[C@H](CO)[C@@H](c3ccc(C#CC4CCCCC4)cc3)[C@@H]2C1. The molecule has 3 atom stereocenters. The highest BCUT2D eigenvalue weighted by molar-refractivity contribution is 5.93. The lowest BCUT2D eigenvalue weighted by molar-refractivity contribution is -0.159. The van der Waals surface area contributed by atoms with Crippen LogP contribution in [0.3, 0.4) is 0 Å². The van der Waals surface area contributed by atoms with Crippen molar-refractivity contribution >= 4 is 17.6 Å². The first kappa shape index (κ1) is 22.5. The Morgan fingerprint density at radius 3 is 2.47 bits per heavy atom. The average molecular weight is 458 g/mol. The summed E-state index contributed by atoms with van der Waals surface area (Å²) in [5, 5.41) is 12.9. The zero-order valence-electron chi connectivity index (χ0n) is 19.3. The predicted octanol–water partition coefficient (Wildman–Crippen LogP) is 3.82. The van der Waals surface area contributed by atoms with Crippen molar-refractivity contribution in [3.05, 3.63) is 65.7 Å². The summed E-state index contributed by atoms with van der Waals surface area (Å²) < 4.78 is 0. The molecule has 5 rings (SSSR count). The maximum absolute atomic E-state index is 12.8. The first-order chi connectivity index (χ1) is 16.6. The molecule has 2 aromatic carbocycles. The molecule has 0 radical (unpaired) electrons. The Hall–Kier alpha value is -3.30. The van der Waals surface area contributed by atoms with Crippen LogP contribution in [0, 0.1) is 17.8 Å². The Labute approximate surface area is 200 Å². The molecule has 3 fully saturated rings. The molecule has 6 heteroatoms. The molecule has 3 aliphatic rings. The maximum Gasteiger partial charge on any atom is 0.322 e. The van der Waals surface area contributed by atoms with Gasteiger partial charge in [0.1, 0.15) is 6.54 Å². The van der Waals surface area contributed by atoms with E-state index in [0.717, 1.165) is 11.1 Å². The molecule has 2 heterocycles. The number of nitrogens with zero attached hydrogens (tertiary/aromatic N) is 2. The lowest BCUT2D eigenvalue weighted by Gasteiger charge is -2.58. The third kappa shape index (κ3) is 4.53. The van der Waals surface area contributed by atoms with E-state index in [1.165, 1.54) is 32.1 Å². The van der Waals surface area contributed by atoms with Crippen LogP contribution in [0.2, 0.25) is 0 Å². The summed E-state index contributed by atoms with van der Waals surface area (Å²) in [6.45, 7) is 0.370. The quantitative estimate of drug-likeness (QED) is 0.689. The second kappa shape index (κ2) is 9.90. The van der Waals surface area contributed by atoms with Gasteiger partial charge in [-0.1, -0.05) is 61.4 Å². The van der Waals surface area contributed by atoms with Gasteiger partial charge in [0, 0.05) is 29.6 Å². The van der Waals surface area contributed by atoms with E-state index in [4.69, 9.17) is 0 Å². The number of fused-ring (bicyclic) bond motifs is 1. The monoisotopic (exact) mass is 457 g/mol. The Morgan fingerprint density at radius 2 is 1.76 bits per heavy atom. The highest BCUT2D eigenvalue weighted by Gasteiger charge is 2.54. The van der Waals surface area contributed by atoms with Crippen LogP contribution >= 0.6 is 0 Å². The molecule has 176 valence electrons. The summed E-state index contributed by atoms with van der Waals surface area (Å²) in [6.07, 6.45) is 6.28. The van der Waals surface area contributed by atoms with Crippen molar-refractivity contribution in [3.63, 3.8) is 0 Å². The molecule has 0 spiro atoms. The van der Waals surface area contributed by atoms with E-state index in [1.807, 2.05) is 42.5 Å². The minimum absolute atomic E-state index is 0.0124. The smallest absolute Gasteiger partial charge is 0.322 e. The number of carbonyl (C=O) groups is 2. The number of nitrogens with one attached hydrogen (secondary N) is 1. The van der Waals surface area contributed by atoms with Crippen molar-refractivity contribution < 1.29 is 14.7 Å². The number of benzene rings is 2. The number of aliphatic hydroxyl groups is 1. The van der Waals surface area contributed by atoms with Crippen LogP contribution in [0.4, 0.5) is 10.5 Å². The summed E-state index contributed by atoms with van der Waals surface area (Å²) in [5.41, 5.74) is 2.77. The van der Waals surface area contributed by atoms with Crippen LogP contribution in [-0.2, 0) is 4.79 Å². The molecule has 0 bridgehead atoms. The Balaban J connectivity index is 1.28. The standard InChI is InChI=1S/C28H31N3O3/c32-19-25-27(22-15-13-21(14-16-22)12-11-20-7-3-1-4-8-20)24-17-30(18-26(33)31(24)25)28(34)29-23-9-5-2-6-10-23/h2,5-6,9-10,13-16,20,24-25,27,32H,1,3-4,7-8,17-19H2,(H,29,34)/t24-,25+,27-/m0/s1. The van der Waals surface area contributed by atoms with Gasteiger partial charge in [-0.15, -0.1) is 0 Å².